The van der Waals surface area contributed by atoms with E-state index in [2.05, 4.69) is 20.9 Å². The third-order valence-electron chi connectivity index (χ3n) is 5.43. The first-order chi connectivity index (χ1) is 16.2. The second-order valence-electron chi connectivity index (χ2n) is 7.73. The molecule has 2 saturated heterocycles. The fourth-order valence-corrected chi connectivity index (χ4v) is 7.15. The van der Waals surface area contributed by atoms with E-state index < -0.39 is 27.3 Å². The van der Waals surface area contributed by atoms with Crippen LogP contribution >= 0.6 is 39.9 Å². The van der Waals surface area contributed by atoms with Gasteiger partial charge in [-0.25, -0.2) is 8.42 Å². The van der Waals surface area contributed by atoms with Gasteiger partial charge in [-0.3, -0.25) is 18.9 Å². The predicted octanol–water partition coefficient (Wildman–Crippen LogP) is 3.64. The molecule has 2 aromatic heterocycles. The molecule has 0 N–H and O–H groups in total. The standard InChI is InChI=1S/C22H16BrN3O5S3/c23-13-4-6-15(7-5-13)31-19-16(20(27)25-9-2-1-3-18(25)24-19)11-17-21(28)26(22(32)33-17)14-8-10-34(29,30)12-14/h1-7,9,11,14H,8,10,12H2/b17-11-. The average molecular weight is 578 g/mol. The van der Waals surface area contributed by atoms with Gasteiger partial charge in [0.05, 0.1) is 22.5 Å². The summed E-state index contributed by atoms with van der Waals surface area (Å²) in [7, 11) is -3.20. The minimum atomic E-state index is -3.20. The van der Waals surface area contributed by atoms with Crippen molar-refractivity contribution >= 4 is 71.7 Å². The van der Waals surface area contributed by atoms with Crippen LogP contribution < -0.4 is 10.3 Å². The molecule has 1 amide bonds. The van der Waals surface area contributed by atoms with Crippen molar-refractivity contribution in [2.45, 2.75) is 12.5 Å². The summed E-state index contributed by atoms with van der Waals surface area (Å²) in [6.07, 6.45) is 3.34. The van der Waals surface area contributed by atoms with Gasteiger partial charge in [0.15, 0.2) is 9.84 Å². The Kier molecular flexibility index (Phi) is 6.09. The normalized spacial score (nSPS) is 21.0. The molecule has 0 aliphatic carbocycles. The highest BCUT2D eigenvalue weighted by Crippen LogP contribution is 2.37. The van der Waals surface area contributed by atoms with Gasteiger partial charge in [-0.2, -0.15) is 4.98 Å². The van der Waals surface area contributed by atoms with Crippen molar-refractivity contribution in [3.8, 4) is 11.6 Å². The summed E-state index contributed by atoms with van der Waals surface area (Å²) in [6.45, 7) is 0. The molecule has 0 bridgehead atoms. The van der Waals surface area contributed by atoms with Gasteiger partial charge in [-0.05, 0) is 48.9 Å². The summed E-state index contributed by atoms with van der Waals surface area (Å²) in [5, 5.41) is 0. The van der Waals surface area contributed by atoms with Crippen LogP contribution in [0.4, 0.5) is 0 Å². The number of aromatic nitrogens is 2. The van der Waals surface area contributed by atoms with Crippen molar-refractivity contribution in [1.29, 1.82) is 0 Å². The van der Waals surface area contributed by atoms with Crippen LogP contribution in [0, 0.1) is 0 Å². The summed E-state index contributed by atoms with van der Waals surface area (Å²) in [4.78, 5) is 32.6. The lowest BCUT2D eigenvalue weighted by Crippen LogP contribution is -2.39. The summed E-state index contributed by atoms with van der Waals surface area (Å²) >= 11 is 9.78. The van der Waals surface area contributed by atoms with Crippen molar-refractivity contribution < 1.29 is 17.9 Å². The number of ether oxygens (including phenoxy) is 1. The monoisotopic (exact) mass is 577 g/mol. The molecule has 1 aromatic carbocycles. The number of rotatable bonds is 4. The number of carbonyl (C=O) groups is 1. The second kappa shape index (κ2) is 8.91. The number of nitrogens with zero attached hydrogens (tertiary/aromatic N) is 3. The Morgan fingerprint density at radius 1 is 1.18 bits per heavy atom. The molecule has 2 aliphatic heterocycles. The first-order valence-electron chi connectivity index (χ1n) is 10.1. The van der Waals surface area contributed by atoms with E-state index in [1.54, 1.807) is 48.7 Å². The third-order valence-corrected chi connectivity index (χ3v) is 9.04. The molecule has 0 saturated carbocycles. The number of amides is 1. The van der Waals surface area contributed by atoms with Gasteiger partial charge in [0.1, 0.15) is 21.3 Å². The van der Waals surface area contributed by atoms with E-state index in [-0.39, 0.29) is 32.2 Å². The predicted molar refractivity (Wildman–Crippen MR) is 138 cm³/mol. The van der Waals surface area contributed by atoms with E-state index in [0.717, 1.165) is 16.2 Å². The largest absolute Gasteiger partial charge is 0.438 e. The van der Waals surface area contributed by atoms with Crippen LogP contribution in [0.3, 0.4) is 0 Å². The van der Waals surface area contributed by atoms with Gasteiger partial charge in [-0.1, -0.05) is 46.0 Å². The van der Waals surface area contributed by atoms with Crippen molar-refractivity contribution in [2.24, 2.45) is 0 Å². The highest BCUT2D eigenvalue weighted by molar-refractivity contribution is 9.10. The van der Waals surface area contributed by atoms with E-state index in [4.69, 9.17) is 17.0 Å². The number of pyridine rings is 1. The number of sulfone groups is 1. The van der Waals surface area contributed by atoms with Crippen LogP contribution in [0.25, 0.3) is 11.7 Å². The van der Waals surface area contributed by atoms with Gasteiger partial charge in [0.25, 0.3) is 11.5 Å². The Labute approximate surface area is 212 Å². The molecule has 2 aliphatic rings. The maximum Gasteiger partial charge on any atom is 0.269 e. The highest BCUT2D eigenvalue weighted by Gasteiger charge is 2.42. The number of fused-ring (bicyclic) bond motifs is 1. The lowest BCUT2D eigenvalue weighted by Gasteiger charge is -2.20. The van der Waals surface area contributed by atoms with Gasteiger partial charge in [0, 0.05) is 10.7 Å². The number of hydrogen-bond acceptors (Lipinski definition) is 8. The van der Waals surface area contributed by atoms with E-state index in [1.165, 1.54) is 15.4 Å². The summed E-state index contributed by atoms with van der Waals surface area (Å²) in [6, 6.07) is 11.7. The van der Waals surface area contributed by atoms with Gasteiger partial charge >= 0.3 is 0 Å². The van der Waals surface area contributed by atoms with Crippen molar-refractivity contribution in [3.63, 3.8) is 0 Å². The molecule has 0 radical (unpaired) electrons. The Morgan fingerprint density at radius 2 is 1.94 bits per heavy atom. The van der Waals surface area contributed by atoms with Crippen LogP contribution in [0.1, 0.15) is 12.0 Å². The number of thioether (sulfide) groups is 1. The minimum absolute atomic E-state index is 0.0227. The molecule has 2 fully saturated rings. The SMILES string of the molecule is O=C1/C(=C/c2c(Oc3ccc(Br)cc3)nc3ccccn3c2=O)SC(=S)N1C1CCS(=O)(=O)C1. The number of hydrogen-bond donors (Lipinski definition) is 0. The molecule has 4 heterocycles. The van der Waals surface area contributed by atoms with Gasteiger partial charge in [0.2, 0.25) is 5.88 Å². The lowest BCUT2D eigenvalue weighted by atomic mass is 10.2. The molecular formula is C22H16BrN3O5S3. The first kappa shape index (κ1) is 23.2. The zero-order valence-corrected chi connectivity index (χ0v) is 21.4. The number of benzene rings is 1. The Balaban J connectivity index is 1.58. The van der Waals surface area contributed by atoms with Crippen molar-refractivity contribution in [2.75, 3.05) is 11.5 Å². The van der Waals surface area contributed by atoms with Crippen LogP contribution in [-0.4, -0.2) is 50.5 Å². The maximum absolute atomic E-state index is 13.3. The smallest absolute Gasteiger partial charge is 0.269 e. The van der Waals surface area contributed by atoms with E-state index >= 15 is 0 Å². The zero-order chi connectivity index (χ0) is 24.0. The summed E-state index contributed by atoms with van der Waals surface area (Å²) in [5.41, 5.74) is 0.0676. The molecule has 1 unspecified atom stereocenters. The molecule has 12 heteroatoms. The Hall–Kier alpha value is -2.54. The minimum Gasteiger partial charge on any atom is -0.438 e. The first-order valence-corrected chi connectivity index (χ1v) is 14.0. The number of thiocarbonyl (C=S) groups is 1. The average Bonchev–Trinajstić information content (AvgIpc) is 3.29. The maximum atomic E-state index is 13.3. The fraction of sp³-hybridized carbons (Fsp3) is 0.182. The fourth-order valence-electron chi connectivity index (χ4n) is 3.80. The van der Waals surface area contributed by atoms with Crippen molar-refractivity contribution in [1.82, 2.24) is 14.3 Å². The Morgan fingerprint density at radius 3 is 2.65 bits per heavy atom. The van der Waals surface area contributed by atoms with Gasteiger partial charge in [-0.15, -0.1) is 0 Å². The zero-order valence-electron chi connectivity index (χ0n) is 17.4. The molecule has 5 rings (SSSR count). The third kappa shape index (κ3) is 4.42. The summed E-state index contributed by atoms with van der Waals surface area (Å²) in [5.74, 6) is -0.00932. The van der Waals surface area contributed by atoms with Gasteiger partial charge < -0.3 is 4.74 Å². The molecule has 1 atom stereocenters. The Bertz CT molecular complexity index is 1530. The van der Waals surface area contributed by atoms with E-state index in [1.807, 2.05) is 0 Å². The van der Waals surface area contributed by atoms with Crippen molar-refractivity contribution in [3.05, 3.63) is 74.0 Å². The van der Waals surface area contributed by atoms with Crippen LogP contribution in [0.5, 0.6) is 11.6 Å². The number of carbonyl (C=O) groups excluding carboxylic acids is 1. The highest BCUT2D eigenvalue weighted by atomic mass is 79.9. The van der Waals surface area contributed by atoms with Crippen LogP contribution in [0.2, 0.25) is 0 Å². The molecular weight excluding hydrogens is 562 g/mol. The quantitative estimate of drug-likeness (QED) is 0.342. The van der Waals surface area contributed by atoms with E-state index in [0.29, 0.717) is 17.8 Å². The second-order valence-corrected chi connectivity index (χ2v) is 12.5. The molecule has 34 heavy (non-hydrogen) atoms. The van der Waals surface area contributed by atoms with Crippen LogP contribution in [-0.2, 0) is 14.6 Å². The lowest BCUT2D eigenvalue weighted by molar-refractivity contribution is -0.123. The summed E-state index contributed by atoms with van der Waals surface area (Å²) < 4.78 is 32.3. The number of halogens is 1. The topological polar surface area (TPSA) is 98.0 Å². The molecule has 8 nitrogen and oxygen atoms in total. The van der Waals surface area contributed by atoms with Crippen LogP contribution in [0.15, 0.2) is 62.8 Å². The molecule has 174 valence electrons. The molecule has 0 spiro atoms. The van der Waals surface area contributed by atoms with E-state index in [9.17, 15) is 18.0 Å². The molecule has 3 aromatic rings.